The Morgan fingerprint density at radius 3 is 2.26 bits per heavy atom. The number of hydrogen-bond donors (Lipinski definition) is 1. The molecule has 2 amide bonds. The first-order valence-electron chi connectivity index (χ1n) is 9.93. The van der Waals surface area contributed by atoms with Crippen molar-refractivity contribution in [3.8, 4) is 5.75 Å². The standard InChI is InChI=1S/C24H23N3O3S/c1-4-30-19-13-7-16(8-14-19)25-22-21(20-6-5-15-31-20)23(28)27(24(22)29)18-11-9-17(10-12-18)26(2)3/h5-15,25H,4H2,1-3H3. The van der Waals surface area contributed by atoms with Crippen molar-refractivity contribution in [2.24, 2.45) is 0 Å². The van der Waals surface area contributed by atoms with E-state index in [1.165, 1.54) is 16.2 Å². The Morgan fingerprint density at radius 2 is 1.68 bits per heavy atom. The van der Waals surface area contributed by atoms with Crippen LogP contribution in [-0.4, -0.2) is 32.5 Å². The molecule has 4 rings (SSSR count). The average Bonchev–Trinajstić information content (AvgIpc) is 3.37. The summed E-state index contributed by atoms with van der Waals surface area (Å²) in [6.45, 7) is 2.50. The lowest BCUT2D eigenvalue weighted by Crippen LogP contribution is -2.32. The van der Waals surface area contributed by atoms with Gasteiger partial charge in [-0.1, -0.05) is 6.07 Å². The van der Waals surface area contributed by atoms with E-state index in [0.29, 0.717) is 23.6 Å². The second kappa shape index (κ2) is 8.65. The van der Waals surface area contributed by atoms with Gasteiger partial charge in [-0.3, -0.25) is 9.59 Å². The zero-order valence-corrected chi connectivity index (χ0v) is 18.4. The first kappa shape index (κ1) is 20.7. The SMILES string of the molecule is CCOc1ccc(NC2=C(c3cccs3)C(=O)N(c3ccc(N(C)C)cc3)C2=O)cc1. The third kappa shape index (κ3) is 4.04. The summed E-state index contributed by atoms with van der Waals surface area (Å²) in [6.07, 6.45) is 0. The molecule has 1 aromatic heterocycles. The van der Waals surface area contributed by atoms with Gasteiger partial charge in [-0.05, 0) is 66.9 Å². The van der Waals surface area contributed by atoms with Crippen molar-refractivity contribution in [1.29, 1.82) is 0 Å². The van der Waals surface area contributed by atoms with Crippen LogP contribution >= 0.6 is 11.3 Å². The van der Waals surface area contributed by atoms with Crippen LogP contribution in [0.4, 0.5) is 17.1 Å². The highest BCUT2D eigenvalue weighted by molar-refractivity contribution is 7.11. The Balaban J connectivity index is 1.69. The van der Waals surface area contributed by atoms with Crippen LogP contribution in [-0.2, 0) is 9.59 Å². The van der Waals surface area contributed by atoms with Gasteiger partial charge in [0.15, 0.2) is 0 Å². The molecule has 0 spiro atoms. The molecule has 0 atom stereocenters. The molecular weight excluding hydrogens is 410 g/mol. The molecule has 158 valence electrons. The van der Waals surface area contributed by atoms with Crippen molar-refractivity contribution in [2.75, 3.05) is 35.8 Å². The Bertz CT molecular complexity index is 1120. The summed E-state index contributed by atoms with van der Waals surface area (Å²) in [5.74, 6) is 0.0373. The number of benzene rings is 2. The molecule has 1 N–H and O–H groups in total. The minimum absolute atomic E-state index is 0.272. The van der Waals surface area contributed by atoms with E-state index in [1.54, 1.807) is 12.1 Å². The fraction of sp³-hybridized carbons (Fsp3) is 0.167. The molecule has 2 heterocycles. The maximum Gasteiger partial charge on any atom is 0.282 e. The summed E-state index contributed by atoms with van der Waals surface area (Å²) < 4.78 is 5.48. The third-order valence-corrected chi connectivity index (χ3v) is 5.80. The zero-order valence-electron chi connectivity index (χ0n) is 17.6. The van der Waals surface area contributed by atoms with Crippen molar-refractivity contribution < 1.29 is 14.3 Å². The van der Waals surface area contributed by atoms with E-state index in [2.05, 4.69) is 5.32 Å². The number of nitrogens with one attached hydrogen (secondary N) is 1. The number of carbonyl (C=O) groups is 2. The lowest BCUT2D eigenvalue weighted by Gasteiger charge is -2.18. The summed E-state index contributed by atoms with van der Waals surface area (Å²) >= 11 is 1.43. The fourth-order valence-corrected chi connectivity index (χ4v) is 4.14. The second-order valence-electron chi connectivity index (χ2n) is 7.17. The summed E-state index contributed by atoms with van der Waals surface area (Å²) in [5, 5.41) is 5.06. The number of amides is 2. The normalized spacial score (nSPS) is 13.7. The molecule has 6 nitrogen and oxygen atoms in total. The molecular formula is C24H23N3O3S. The number of rotatable bonds is 7. The number of thiophene rings is 1. The fourth-order valence-electron chi connectivity index (χ4n) is 3.37. The molecule has 0 unspecified atom stereocenters. The monoisotopic (exact) mass is 433 g/mol. The largest absolute Gasteiger partial charge is 0.494 e. The van der Waals surface area contributed by atoms with Gasteiger partial charge in [0, 0.05) is 30.3 Å². The molecule has 0 fully saturated rings. The first-order chi connectivity index (χ1) is 15.0. The van der Waals surface area contributed by atoms with Crippen molar-refractivity contribution in [3.63, 3.8) is 0 Å². The molecule has 3 aromatic rings. The third-order valence-electron chi connectivity index (χ3n) is 4.91. The van der Waals surface area contributed by atoms with Gasteiger partial charge < -0.3 is 15.0 Å². The van der Waals surface area contributed by atoms with E-state index in [0.717, 1.165) is 16.3 Å². The minimum atomic E-state index is -0.375. The maximum atomic E-state index is 13.4. The highest BCUT2D eigenvalue weighted by atomic mass is 32.1. The Kier molecular flexibility index (Phi) is 5.77. The molecule has 0 radical (unpaired) electrons. The lowest BCUT2D eigenvalue weighted by molar-refractivity contribution is -0.120. The van der Waals surface area contributed by atoms with Gasteiger partial charge in [0.25, 0.3) is 11.8 Å². The van der Waals surface area contributed by atoms with E-state index < -0.39 is 0 Å². The quantitative estimate of drug-likeness (QED) is 0.552. The van der Waals surface area contributed by atoms with Gasteiger partial charge in [0.1, 0.15) is 11.4 Å². The molecule has 1 aliphatic heterocycles. The average molecular weight is 434 g/mol. The topological polar surface area (TPSA) is 61.9 Å². The predicted molar refractivity (Wildman–Crippen MR) is 126 cm³/mol. The number of imide groups is 1. The van der Waals surface area contributed by atoms with Crippen LogP contribution in [0.15, 0.2) is 71.7 Å². The van der Waals surface area contributed by atoms with Gasteiger partial charge in [-0.2, -0.15) is 0 Å². The molecule has 7 heteroatoms. The van der Waals surface area contributed by atoms with E-state index in [4.69, 9.17) is 4.74 Å². The number of hydrogen-bond acceptors (Lipinski definition) is 6. The highest BCUT2D eigenvalue weighted by Gasteiger charge is 2.40. The predicted octanol–water partition coefficient (Wildman–Crippen LogP) is 4.61. The molecule has 0 aliphatic carbocycles. The summed E-state index contributed by atoms with van der Waals surface area (Å²) in [4.78, 5) is 30.7. The minimum Gasteiger partial charge on any atom is -0.494 e. The van der Waals surface area contributed by atoms with Crippen molar-refractivity contribution in [1.82, 2.24) is 0 Å². The lowest BCUT2D eigenvalue weighted by atomic mass is 10.2. The molecule has 1 aliphatic rings. The zero-order chi connectivity index (χ0) is 22.0. The second-order valence-corrected chi connectivity index (χ2v) is 8.11. The van der Waals surface area contributed by atoms with E-state index >= 15 is 0 Å². The van der Waals surface area contributed by atoms with Gasteiger partial charge >= 0.3 is 0 Å². The van der Waals surface area contributed by atoms with E-state index in [-0.39, 0.29) is 17.5 Å². The van der Waals surface area contributed by atoms with Crippen LogP contribution in [0.25, 0.3) is 5.57 Å². The van der Waals surface area contributed by atoms with Crippen LogP contribution < -0.4 is 19.9 Å². The number of ether oxygens (including phenoxy) is 1. The summed E-state index contributed by atoms with van der Waals surface area (Å²) in [7, 11) is 3.88. The molecule has 2 aromatic carbocycles. The molecule has 0 bridgehead atoms. The molecule has 31 heavy (non-hydrogen) atoms. The maximum absolute atomic E-state index is 13.4. The smallest absolute Gasteiger partial charge is 0.282 e. The van der Waals surface area contributed by atoms with Crippen molar-refractivity contribution in [3.05, 3.63) is 76.6 Å². The Labute approximate surface area is 185 Å². The van der Waals surface area contributed by atoms with E-state index in [1.807, 2.05) is 79.8 Å². The number of carbonyl (C=O) groups excluding carboxylic acids is 2. The summed E-state index contributed by atoms with van der Waals surface area (Å²) in [6, 6.07) is 18.4. The van der Waals surface area contributed by atoms with Crippen molar-refractivity contribution >= 4 is 45.8 Å². The van der Waals surface area contributed by atoms with Crippen LogP contribution in [0.2, 0.25) is 0 Å². The van der Waals surface area contributed by atoms with Crippen LogP contribution in [0.3, 0.4) is 0 Å². The van der Waals surface area contributed by atoms with Gasteiger partial charge in [0.05, 0.1) is 17.9 Å². The summed E-state index contributed by atoms with van der Waals surface area (Å²) in [5.41, 5.74) is 2.89. The van der Waals surface area contributed by atoms with E-state index in [9.17, 15) is 9.59 Å². The molecule has 0 saturated heterocycles. The number of nitrogens with zero attached hydrogens (tertiary/aromatic N) is 2. The first-order valence-corrected chi connectivity index (χ1v) is 10.8. The van der Waals surface area contributed by atoms with Gasteiger partial charge in [0.2, 0.25) is 0 Å². The highest BCUT2D eigenvalue weighted by Crippen LogP contribution is 2.36. The Hall–Kier alpha value is -3.58. The van der Waals surface area contributed by atoms with Crippen LogP contribution in [0, 0.1) is 0 Å². The Morgan fingerprint density at radius 1 is 0.968 bits per heavy atom. The van der Waals surface area contributed by atoms with Crippen LogP contribution in [0.1, 0.15) is 11.8 Å². The van der Waals surface area contributed by atoms with Crippen molar-refractivity contribution in [2.45, 2.75) is 6.92 Å². The van der Waals surface area contributed by atoms with Gasteiger partial charge in [-0.15, -0.1) is 11.3 Å². The van der Waals surface area contributed by atoms with Crippen LogP contribution in [0.5, 0.6) is 5.75 Å². The van der Waals surface area contributed by atoms with Gasteiger partial charge in [-0.25, -0.2) is 4.90 Å². The number of anilines is 3. The molecule has 0 saturated carbocycles.